The molecular formula is C22H25O3P. The molecule has 1 aliphatic rings. The number of para-hydroxylation sites is 1. The molecule has 0 amide bonds. The average Bonchev–Trinajstić information content (AvgIpc) is 2.72. The van der Waals surface area contributed by atoms with Crippen molar-refractivity contribution in [1.29, 1.82) is 0 Å². The molecule has 0 bridgehead atoms. The summed E-state index contributed by atoms with van der Waals surface area (Å²) in [4.78, 5) is 0. The monoisotopic (exact) mass is 368 g/mol. The Hall–Kier alpha value is -2.09. The van der Waals surface area contributed by atoms with E-state index >= 15 is 0 Å². The normalized spacial score (nSPS) is 16.0. The van der Waals surface area contributed by atoms with Crippen molar-refractivity contribution in [3.63, 3.8) is 0 Å². The molecule has 2 aromatic rings. The minimum Gasteiger partial charge on any atom is -0.493 e. The SMILES string of the molecule is O=P(C1=CCCC=C1)(c1ccccc1)c1ccccc1OCCCCO. The third-order valence-corrected chi connectivity index (χ3v) is 7.61. The van der Waals surface area contributed by atoms with E-state index in [1.165, 1.54) is 0 Å². The smallest absolute Gasteiger partial charge is 0.174 e. The summed E-state index contributed by atoms with van der Waals surface area (Å²) >= 11 is 0. The molecule has 0 fully saturated rings. The van der Waals surface area contributed by atoms with Crippen LogP contribution in [0, 0.1) is 0 Å². The average molecular weight is 368 g/mol. The van der Waals surface area contributed by atoms with Gasteiger partial charge in [0.15, 0.2) is 7.14 Å². The van der Waals surface area contributed by atoms with Crippen LogP contribution in [-0.4, -0.2) is 18.3 Å². The van der Waals surface area contributed by atoms with E-state index in [0.29, 0.717) is 18.8 Å². The highest BCUT2D eigenvalue weighted by molar-refractivity contribution is 7.82. The number of hydrogen-bond acceptors (Lipinski definition) is 3. The third-order valence-electron chi connectivity index (χ3n) is 4.47. The van der Waals surface area contributed by atoms with E-state index in [-0.39, 0.29) is 6.61 Å². The lowest BCUT2D eigenvalue weighted by Gasteiger charge is -2.24. The lowest BCUT2D eigenvalue weighted by atomic mass is 10.2. The molecule has 1 atom stereocenters. The van der Waals surface area contributed by atoms with Crippen LogP contribution in [0.15, 0.2) is 78.1 Å². The summed E-state index contributed by atoms with van der Waals surface area (Å²) < 4.78 is 20.4. The van der Waals surface area contributed by atoms with Crippen LogP contribution in [0.1, 0.15) is 25.7 Å². The van der Waals surface area contributed by atoms with Crippen LogP contribution in [0.5, 0.6) is 5.75 Å². The number of ether oxygens (including phenoxy) is 1. The van der Waals surface area contributed by atoms with Crippen LogP contribution in [0.4, 0.5) is 0 Å². The predicted octanol–water partition coefficient (Wildman–Crippen LogP) is 4.39. The Morgan fingerprint density at radius 2 is 1.73 bits per heavy atom. The third kappa shape index (κ3) is 4.00. The van der Waals surface area contributed by atoms with Crippen LogP contribution >= 0.6 is 7.14 Å². The van der Waals surface area contributed by atoms with Crippen LogP contribution in [0.2, 0.25) is 0 Å². The first kappa shape index (κ1) is 18.7. The van der Waals surface area contributed by atoms with Gasteiger partial charge in [0.25, 0.3) is 0 Å². The summed E-state index contributed by atoms with van der Waals surface area (Å²) in [6.45, 7) is 0.659. The fourth-order valence-corrected chi connectivity index (χ4v) is 6.03. The van der Waals surface area contributed by atoms with E-state index < -0.39 is 7.14 Å². The first-order chi connectivity index (χ1) is 12.8. The van der Waals surface area contributed by atoms with Gasteiger partial charge >= 0.3 is 0 Å². The van der Waals surface area contributed by atoms with Gasteiger partial charge < -0.3 is 14.4 Å². The second-order valence-electron chi connectivity index (χ2n) is 6.30. The van der Waals surface area contributed by atoms with Crippen LogP contribution in [0.3, 0.4) is 0 Å². The van der Waals surface area contributed by atoms with Crippen molar-refractivity contribution < 1.29 is 14.4 Å². The van der Waals surface area contributed by atoms with Crippen LogP contribution < -0.4 is 15.3 Å². The maximum Gasteiger partial charge on any atom is 0.174 e. The van der Waals surface area contributed by atoms with Crippen molar-refractivity contribution in [3.05, 3.63) is 78.1 Å². The fraction of sp³-hybridized carbons (Fsp3) is 0.273. The van der Waals surface area contributed by atoms with Gasteiger partial charge in [-0.2, -0.15) is 0 Å². The molecule has 0 spiro atoms. The number of allylic oxidation sites excluding steroid dienone is 4. The van der Waals surface area contributed by atoms with E-state index in [4.69, 9.17) is 9.84 Å². The van der Waals surface area contributed by atoms with E-state index in [0.717, 1.165) is 35.2 Å². The standard InChI is InChI=1S/C22H25O3P/c23-17-9-10-18-25-21-15-7-8-16-22(21)26(24,19-11-3-1-4-12-19)20-13-5-2-6-14-20/h1,3-5,7-8,11-16,23H,2,6,9-10,17-18H2. The fourth-order valence-electron chi connectivity index (χ4n) is 3.13. The van der Waals surface area contributed by atoms with Crippen molar-refractivity contribution in [2.24, 2.45) is 0 Å². The van der Waals surface area contributed by atoms with Crippen molar-refractivity contribution >= 4 is 17.8 Å². The topological polar surface area (TPSA) is 46.5 Å². The molecule has 136 valence electrons. The lowest BCUT2D eigenvalue weighted by Crippen LogP contribution is -2.20. The lowest BCUT2D eigenvalue weighted by molar-refractivity contribution is 0.254. The van der Waals surface area contributed by atoms with E-state index in [9.17, 15) is 4.57 Å². The first-order valence-electron chi connectivity index (χ1n) is 9.13. The molecule has 1 aliphatic carbocycles. The number of benzene rings is 2. The number of hydrogen-bond donors (Lipinski definition) is 1. The van der Waals surface area contributed by atoms with Crippen LogP contribution in [0.25, 0.3) is 0 Å². The Balaban J connectivity index is 2.05. The van der Waals surface area contributed by atoms with Gasteiger partial charge in [-0.3, -0.25) is 0 Å². The largest absolute Gasteiger partial charge is 0.493 e. The van der Waals surface area contributed by atoms with Gasteiger partial charge in [-0.15, -0.1) is 0 Å². The van der Waals surface area contributed by atoms with Crippen molar-refractivity contribution in [3.8, 4) is 5.75 Å². The number of rotatable bonds is 8. The second-order valence-corrected chi connectivity index (χ2v) is 9.03. The van der Waals surface area contributed by atoms with Gasteiger partial charge in [0.1, 0.15) is 5.75 Å². The number of aliphatic hydroxyl groups excluding tert-OH is 1. The molecule has 0 saturated heterocycles. The first-order valence-corrected chi connectivity index (χ1v) is 10.8. The van der Waals surface area contributed by atoms with Gasteiger partial charge in [0.05, 0.1) is 11.9 Å². The van der Waals surface area contributed by atoms with Gasteiger partial charge in [-0.05, 0) is 37.8 Å². The molecule has 1 unspecified atom stereocenters. The summed E-state index contributed by atoms with van der Waals surface area (Å²) in [5.74, 6) is 0.664. The second kappa shape index (κ2) is 9.02. The molecule has 0 aliphatic heterocycles. The molecule has 3 rings (SSSR count). The van der Waals surface area contributed by atoms with E-state index in [1.807, 2.05) is 60.7 Å². The number of aliphatic hydroxyl groups is 1. The molecule has 0 aromatic heterocycles. The van der Waals surface area contributed by atoms with Crippen molar-refractivity contribution in [2.45, 2.75) is 25.7 Å². The van der Waals surface area contributed by atoms with E-state index in [1.54, 1.807) is 0 Å². The predicted molar refractivity (Wildman–Crippen MR) is 108 cm³/mol. The summed E-state index contributed by atoms with van der Waals surface area (Å²) in [7, 11) is -2.99. The molecular weight excluding hydrogens is 343 g/mol. The quantitative estimate of drug-likeness (QED) is 0.555. The molecule has 3 nitrogen and oxygen atoms in total. The Kier molecular flexibility index (Phi) is 6.49. The maximum absolute atomic E-state index is 14.4. The molecule has 0 saturated carbocycles. The summed E-state index contributed by atoms with van der Waals surface area (Å²) in [6, 6.07) is 17.3. The minimum atomic E-state index is -2.99. The molecule has 2 aromatic carbocycles. The Morgan fingerprint density at radius 3 is 2.46 bits per heavy atom. The highest BCUT2D eigenvalue weighted by atomic mass is 31.2. The molecule has 1 N–H and O–H groups in total. The van der Waals surface area contributed by atoms with Gasteiger partial charge in [0, 0.05) is 17.2 Å². The molecule has 26 heavy (non-hydrogen) atoms. The summed E-state index contributed by atoms with van der Waals surface area (Å²) in [5.41, 5.74) is 0. The zero-order valence-electron chi connectivity index (χ0n) is 14.9. The molecule has 4 heteroatoms. The zero-order chi connectivity index (χ0) is 18.2. The van der Waals surface area contributed by atoms with E-state index in [2.05, 4.69) is 12.2 Å². The van der Waals surface area contributed by atoms with Gasteiger partial charge in [-0.25, -0.2) is 0 Å². The van der Waals surface area contributed by atoms with Gasteiger partial charge in [0.2, 0.25) is 0 Å². The number of unbranched alkanes of at least 4 members (excludes halogenated alkanes) is 1. The Morgan fingerprint density at radius 1 is 0.962 bits per heavy atom. The van der Waals surface area contributed by atoms with Crippen LogP contribution in [-0.2, 0) is 4.57 Å². The highest BCUT2D eigenvalue weighted by Crippen LogP contribution is 2.55. The molecule has 0 heterocycles. The van der Waals surface area contributed by atoms with Crippen molar-refractivity contribution in [2.75, 3.05) is 13.2 Å². The Labute approximate surface area is 155 Å². The van der Waals surface area contributed by atoms with Crippen molar-refractivity contribution in [1.82, 2.24) is 0 Å². The maximum atomic E-state index is 14.4. The van der Waals surface area contributed by atoms with Gasteiger partial charge in [-0.1, -0.05) is 60.7 Å². The summed E-state index contributed by atoms with van der Waals surface area (Å²) in [5, 5.41) is 11.4. The zero-order valence-corrected chi connectivity index (χ0v) is 15.8. The minimum absolute atomic E-state index is 0.158. The summed E-state index contributed by atoms with van der Waals surface area (Å²) in [6.07, 6.45) is 9.54. The highest BCUT2D eigenvalue weighted by Gasteiger charge is 2.33. The molecule has 0 radical (unpaired) electrons. The Bertz CT molecular complexity index is 824.